The molecule has 1 aromatic carbocycles. The van der Waals surface area contributed by atoms with Crippen LogP contribution in [-0.4, -0.2) is 25.0 Å². The molecule has 5 heteroatoms. The molecule has 1 N–H and O–H groups in total. The number of anilines is 1. The summed E-state index contributed by atoms with van der Waals surface area (Å²) < 4.78 is 10.7. The van der Waals surface area contributed by atoms with Crippen LogP contribution >= 0.6 is 11.6 Å². The third kappa shape index (κ3) is 2.58. The first-order valence-corrected chi connectivity index (χ1v) is 5.58. The van der Waals surface area contributed by atoms with E-state index in [0.29, 0.717) is 23.9 Å². The minimum Gasteiger partial charge on any atom is -0.493 e. The van der Waals surface area contributed by atoms with Crippen LogP contribution in [0.4, 0.5) is 5.69 Å². The highest BCUT2D eigenvalue weighted by molar-refractivity contribution is 6.17. The number of halogens is 1. The molecule has 0 aromatic heterocycles. The van der Waals surface area contributed by atoms with Crippen LogP contribution in [0.5, 0.6) is 11.5 Å². The van der Waals surface area contributed by atoms with E-state index < -0.39 is 0 Å². The fourth-order valence-corrected chi connectivity index (χ4v) is 1.50. The zero-order valence-electron chi connectivity index (χ0n) is 8.66. The number of benzene rings is 1. The Balaban J connectivity index is 2.04. The van der Waals surface area contributed by atoms with E-state index in [0.717, 1.165) is 12.2 Å². The predicted molar refractivity (Wildman–Crippen MR) is 61.4 cm³/mol. The molecule has 2 rings (SSSR count). The zero-order valence-corrected chi connectivity index (χ0v) is 9.42. The number of fused-ring (bicyclic) bond motifs is 1. The molecule has 4 nitrogen and oxygen atoms in total. The second-order valence-electron chi connectivity index (χ2n) is 3.39. The first-order valence-electron chi connectivity index (χ1n) is 5.05. The van der Waals surface area contributed by atoms with Gasteiger partial charge in [0.15, 0.2) is 6.61 Å². The molecule has 0 spiro atoms. The van der Waals surface area contributed by atoms with Crippen molar-refractivity contribution in [3.05, 3.63) is 18.2 Å². The van der Waals surface area contributed by atoms with Crippen molar-refractivity contribution in [3.8, 4) is 11.5 Å². The Morgan fingerprint density at radius 2 is 2.38 bits per heavy atom. The summed E-state index contributed by atoms with van der Waals surface area (Å²) >= 11 is 5.55. The van der Waals surface area contributed by atoms with Gasteiger partial charge in [0.05, 0.1) is 12.3 Å². The standard InChI is InChI=1S/C11H12ClNO3/c12-4-1-5-15-8-2-3-9-10(6-8)16-7-11(14)13-9/h2-3,6H,1,4-5,7H2,(H,13,14). The SMILES string of the molecule is O=C1COc2cc(OCCCCl)ccc2N1. The molecule has 1 amide bonds. The molecule has 86 valence electrons. The van der Waals surface area contributed by atoms with Crippen molar-refractivity contribution < 1.29 is 14.3 Å². The van der Waals surface area contributed by atoms with E-state index in [1.54, 1.807) is 18.2 Å². The fraction of sp³-hybridized carbons (Fsp3) is 0.364. The van der Waals surface area contributed by atoms with Crippen LogP contribution in [0.15, 0.2) is 18.2 Å². The molecule has 1 aliphatic rings. The molecule has 0 saturated carbocycles. The summed E-state index contributed by atoms with van der Waals surface area (Å²) in [6, 6.07) is 5.33. The van der Waals surface area contributed by atoms with E-state index >= 15 is 0 Å². The highest BCUT2D eigenvalue weighted by Crippen LogP contribution is 2.31. The molecule has 0 bridgehead atoms. The summed E-state index contributed by atoms with van der Waals surface area (Å²) in [4.78, 5) is 11.0. The second kappa shape index (κ2) is 5.07. The Morgan fingerprint density at radius 3 is 3.19 bits per heavy atom. The van der Waals surface area contributed by atoms with Crippen molar-refractivity contribution in [2.75, 3.05) is 24.4 Å². The smallest absolute Gasteiger partial charge is 0.262 e. The van der Waals surface area contributed by atoms with Gasteiger partial charge in [-0.15, -0.1) is 11.6 Å². The quantitative estimate of drug-likeness (QED) is 0.648. The monoisotopic (exact) mass is 241 g/mol. The van der Waals surface area contributed by atoms with Gasteiger partial charge in [-0.05, 0) is 18.6 Å². The highest BCUT2D eigenvalue weighted by Gasteiger charge is 2.15. The Bertz CT molecular complexity index is 395. The fourth-order valence-electron chi connectivity index (χ4n) is 1.39. The Kier molecular flexibility index (Phi) is 3.51. The molecule has 1 heterocycles. The van der Waals surface area contributed by atoms with Gasteiger partial charge < -0.3 is 14.8 Å². The maximum atomic E-state index is 11.0. The summed E-state index contributed by atoms with van der Waals surface area (Å²) in [5.74, 6) is 1.81. The van der Waals surface area contributed by atoms with Crippen molar-refractivity contribution in [2.24, 2.45) is 0 Å². The molecule has 1 aliphatic heterocycles. The van der Waals surface area contributed by atoms with E-state index in [1.807, 2.05) is 0 Å². The van der Waals surface area contributed by atoms with Crippen LogP contribution in [0.25, 0.3) is 0 Å². The van der Waals surface area contributed by atoms with Gasteiger partial charge in [-0.1, -0.05) is 0 Å². The van der Waals surface area contributed by atoms with Crippen LogP contribution in [-0.2, 0) is 4.79 Å². The number of hydrogen-bond donors (Lipinski definition) is 1. The summed E-state index contributed by atoms with van der Waals surface area (Å²) in [5, 5.41) is 2.71. The van der Waals surface area contributed by atoms with Crippen molar-refractivity contribution in [1.29, 1.82) is 0 Å². The summed E-state index contributed by atoms with van der Waals surface area (Å²) in [7, 11) is 0. The zero-order chi connectivity index (χ0) is 11.4. The van der Waals surface area contributed by atoms with E-state index in [2.05, 4.69) is 5.32 Å². The largest absolute Gasteiger partial charge is 0.493 e. The number of amides is 1. The van der Waals surface area contributed by atoms with Gasteiger partial charge in [0, 0.05) is 11.9 Å². The van der Waals surface area contributed by atoms with Gasteiger partial charge in [-0.2, -0.15) is 0 Å². The number of nitrogens with one attached hydrogen (secondary N) is 1. The van der Waals surface area contributed by atoms with Gasteiger partial charge in [-0.25, -0.2) is 0 Å². The number of rotatable bonds is 4. The normalized spacial score (nSPS) is 13.7. The average molecular weight is 242 g/mol. The van der Waals surface area contributed by atoms with Crippen LogP contribution in [0.2, 0.25) is 0 Å². The molecule has 0 radical (unpaired) electrons. The molecule has 0 saturated heterocycles. The maximum absolute atomic E-state index is 11.0. The van der Waals surface area contributed by atoms with Crippen molar-refractivity contribution >= 4 is 23.2 Å². The van der Waals surface area contributed by atoms with Gasteiger partial charge in [-0.3, -0.25) is 4.79 Å². The first-order chi connectivity index (χ1) is 7.79. The molecular weight excluding hydrogens is 230 g/mol. The van der Waals surface area contributed by atoms with Gasteiger partial charge in [0.1, 0.15) is 11.5 Å². The van der Waals surface area contributed by atoms with Crippen molar-refractivity contribution in [1.82, 2.24) is 0 Å². The first kappa shape index (κ1) is 11.1. The van der Waals surface area contributed by atoms with Gasteiger partial charge in [0.2, 0.25) is 0 Å². The minimum absolute atomic E-state index is 0.0537. The predicted octanol–water partition coefficient (Wildman–Crippen LogP) is 2.03. The number of alkyl halides is 1. The minimum atomic E-state index is -0.136. The lowest BCUT2D eigenvalue weighted by atomic mass is 10.2. The number of carbonyl (C=O) groups excluding carboxylic acids is 1. The lowest BCUT2D eigenvalue weighted by Crippen LogP contribution is -2.25. The van der Waals surface area contributed by atoms with Gasteiger partial charge in [0.25, 0.3) is 5.91 Å². The molecule has 0 unspecified atom stereocenters. The third-order valence-electron chi connectivity index (χ3n) is 2.13. The Morgan fingerprint density at radius 1 is 1.50 bits per heavy atom. The van der Waals surface area contributed by atoms with E-state index in [-0.39, 0.29) is 12.5 Å². The second-order valence-corrected chi connectivity index (χ2v) is 3.76. The van der Waals surface area contributed by atoms with E-state index in [1.165, 1.54) is 0 Å². The Labute approximate surface area is 98.5 Å². The molecular formula is C11H12ClNO3. The molecule has 16 heavy (non-hydrogen) atoms. The number of ether oxygens (including phenoxy) is 2. The number of carbonyl (C=O) groups is 1. The summed E-state index contributed by atoms with van der Waals surface area (Å²) in [6.45, 7) is 0.632. The summed E-state index contributed by atoms with van der Waals surface area (Å²) in [6.07, 6.45) is 0.802. The molecule has 1 aromatic rings. The molecule has 0 aliphatic carbocycles. The summed E-state index contributed by atoms with van der Waals surface area (Å²) in [5.41, 5.74) is 0.681. The van der Waals surface area contributed by atoms with Gasteiger partial charge >= 0.3 is 0 Å². The maximum Gasteiger partial charge on any atom is 0.262 e. The molecule has 0 atom stereocenters. The lowest BCUT2D eigenvalue weighted by Gasteiger charge is -2.18. The average Bonchev–Trinajstić information content (AvgIpc) is 2.29. The molecule has 0 fully saturated rings. The van der Waals surface area contributed by atoms with Crippen LogP contribution in [0.1, 0.15) is 6.42 Å². The van der Waals surface area contributed by atoms with E-state index in [4.69, 9.17) is 21.1 Å². The van der Waals surface area contributed by atoms with Crippen LogP contribution < -0.4 is 14.8 Å². The highest BCUT2D eigenvalue weighted by atomic mass is 35.5. The van der Waals surface area contributed by atoms with Crippen molar-refractivity contribution in [2.45, 2.75) is 6.42 Å². The van der Waals surface area contributed by atoms with Crippen LogP contribution in [0.3, 0.4) is 0 Å². The topological polar surface area (TPSA) is 47.6 Å². The third-order valence-corrected chi connectivity index (χ3v) is 2.40. The lowest BCUT2D eigenvalue weighted by molar-refractivity contribution is -0.118. The van der Waals surface area contributed by atoms with E-state index in [9.17, 15) is 4.79 Å². The van der Waals surface area contributed by atoms with Crippen molar-refractivity contribution in [3.63, 3.8) is 0 Å². The number of hydrogen-bond acceptors (Lipinski definition) is 3. The van der Waals surface area contributed by atoms with Crippen LogP contribution in [0, 0.1) is 0 Å². The Hall–Kier alpha value is -1.42.